The fourth-order valence-corrected chi connectivity index (χ4v) is 9.18. The summed E-state index contributed by atoms with van der Waals surface area (Å²) in [5.74, 6) is 5.34. The molecule has 3 saturated carbocycles. The van der Waals surface area contributed by atoms with E-state index in [0.29, 0.717) is 0 Å². The molecular formula is C30H33N. The number of allylic oxidation sites excluding steroid dienone is 4. The van der Waals surface area contributed by atoms with Crippen molar-refractivity contribution in [2.24, 2.45) is 23.7 Å². The Hall–Kier alpha value is -1.89. The first kappa shape index (κ1) is 17.6. The molecule has 0 radical (unpaired) electrons. The van der Waals surface area contributed by atoms with Gasteiger partial charge in [0.25, 0.3) is 0 Å². The second-order valence-electron chi connectivity index (χ2n) is 11.8. The smallest absolute Gasteiger partial charge is 0.0712 e. The minimum absolute atomic E-state index is 0.754. The summed E-state index contributed by atoms with van der Waals surface area (Å²) >= 11 is 0. The SMILES string of the molecule is C1=C(c2nc3ccccc3c3c2C2CCC3CC2)CCC2=C1C1CC3CC(C1)CC2C3. The van der Waals surface area contributed by atoms with E-state index in [1.54, 1.807) is 22.3 Å². The summed E-state index contributed by atoms with van der Waals surface area (Å²) in [4.78, 5) is 5.41. The highest BCUT2D eigenvalue weighted by Gasteiger charge is 2.44. The molecule has 158 valence electrons. The highest BCUT2D eigenvalue weighted by atomic mass is 14.7. The third-order valence-corrected chi connectivity index (χ3v) is 10.3. The Bertz CT molecular complexity index is 1140. The molecule has 6 bridgehead atoms. The van der Waals surface area contributed by atoms with Gasteiger partial charge in [-0.3, -0.25) is 0 Å². The molecule has 2 aromatic rings. The molecule has 0 saturated heterocycles. The van der Waals surface area contributed by atoms with Crippen LogP contribution in [0.15, 0.2) is 41.5 Å². The number of hydrogen-bond acceptors (Lipinski definition) is 1. The van der Waals surface area contributed by atoms with Crippen LogP contribution < -0.4 is 0 Å². The van der Waals surface area contributed by atoms with Gasteiger partial charge in [-0.05, 0) is 134 Å². The van der Waals surface area contributed by atoms with Gasteiger partial charge < -0.3 is 0 Å². The fourth-order valence-electron chi connectivity index (χ4n) is 9.18. The first-order valence-corrected chi connectivity index (χ1v) is 13.2. The quantitative estimate of drug-likeness (QED) is 0.468. The van der Waals surface area contributed by atoms with Crippen molar-refractivity contribution < 1.29 is 0 Å². The molecule has 8 aliphatic rings. The third-order valence-electron chi connectivity index (χ3n) is 10.3. The molecule has 1 heterocycles. The van der Waals surface area contributed by atoms with Crippen LogP contribution in [0.4, 0.5) is 0 Å². The number of pyridine rings is 1. The molecule has 10 rings (SSSR count). The van der Waals surface area contributed by atoms with Gasteiger partial charge in [0.2, 0.25) is 0 Å². The van der Waals surface area contributed by atoms with E-state index in [9.17, 15) is 0 Å². The van der Waals surface area contributed by atoms with Crippen LogP contribution >= 0.6 is 0 Å². The van der Waals surface area contributed by atoms with Gasteiger partial charge in [0.05, 0.1) is 11.2 Å². The van der Waals surface area contributed by atoms with E-state index in [1.807, 2.05) is 5.57 Å². The number of hydrogen-bond donors (Lipinski definition) is 0. The van der Waals surface area contributed by atoms with Crippen molar-refractivity contribution in [3.8, 4) is 0 Å². The van der Waals surface area contributed by atoms with E-state index >= 15 is 0 Å². The number of nitrogens with zero attached hydrogens (tertiary/aromatic N) is 1. The first-order chi connectivity index (χ1) is 15.3. The number of fused-ring (bicyclic) bond motifs is 3. The van der Waals surface area contributed by atoms with Crippen molar-refractivity contribution >= 4 is 16.5 Å². The van der Waals surface area contributed by atoms with E-state index in [1.165, 1.54) is 87.2 Å². The average molecular weight is 408 g/mol. The second kappa shape index (κ2) is 6.33. The topological polar surface area (TPSA) is 12.9 Å². The fraction of sp³-hybridized carbons (Fsp3) is 0.567. The molecule has 0 amide bonds. The molecule has 0 aliphatic heterocycles. The first-order valence-electron chi connectivity index (χ1n) is 13.2. The van der Waals surface area contributed by atoms with Gasteiger partial charge >= 0.3 is 0 Å². The minimum atomic E-state index is 0.754. The van der Waals surface area contributed by atoms with Crippen LogP contribution in [-0.4, -0.2) is 4.98 Å². The maximum atomic E-state index is 5.41. The van der Waals surface area contributed by atoms with E-state index in [4.69, 9.17) is 4.98 Å². The molecule has 1 nitrogen and oxygen atoms in total. The summed E-state index contributed by atoms with van der Waals surface area (Å²) in [7, 11) is 0. The van der Waals surface area contributed by atoms with E-state index in [0.717, 1.165) is 35.5 Å². The lowest BCUT2D eigenvalue weighted by Crippen LogP contribution is -2.28. The lowest BCUT2D eigenvalue weighted by atomic mass is 9.65. The number of rotatable bonds is 1. The maximum Gasteiger partial charge on any atom is 0.0712 e. The molecule has 2 unspecified atom stereocenters. The van der Waals surface area contributed by atoms with Crippen LogP contribution in [0, 0.1) is 23.7 Å². The van der Waals surface area contributed by atoms with Crippen molar-refractivity contribution in [2.75, 3.05) is 0 Å². The van der Waals surface area contributed by atoms with Crippen LogP contribution in [-0.2, 0) is 0 Å². The second-order valence-corrected chi connectivity index (χ2v) is 11.8. The molecule has 1 heteroatoms. The standard InChI is InChI=1S/C30H33N/c1-2-4-27-25(3-1)28-19-5-7-20(8-6-19)29(28)30(31-27)21-9-10-24-22-12-17-11-18(13-22)15-23(14-17)26(24)16-21/h1-4,16-20,22-23H,5-15H2. The Morgan fingerprint density at radius 3 is 2.19 bits per heavy atom. The zero-order chi connectivity index (χ0) is 20.1. The van der Waals surface area contributed by atoms with Crippen LogP contribution in [0.2, 0.25) is 0 Å². The minimum Gasteiger partial charge on any atom is -0.248 e. The average Bonchev–Trinajstić information content (AvgIpc) is 2.99. The van der Waals surface area contributed by atoms with Crippen molar-refractivity contribution in [2.45, 2.75) is 82.5 Å². The third kappa shape index (κ3) is 2.47. The highest BCUT2D eigenvalue weighted by molar-refractivity contribution is 5.88. The Kier molecular flexibility index (Phi) is 3.60. The van der Waals surface area contributed by atoms with Crippen molar-refractivity contribution in [1.82, 2.24) is 4.98 Å². The molecule has 2 atom stereocenters. The summed E-state index contributed by atoms with van der Waals surface area (Å²) in [6.45, 7) is 0. The lowest BCUT2D eigenvalue weighted by molar-refractivity contribution is 0.138. The van der Waals surface area contributed by atoms with E-state index in [-0.39, 0.29) is 0 Å². The van der Waals surface area contributed by atoms with Gasteiger partial charge in [0, 0.05) is 5.39 Å². The van der Waals surface area contributed by atoms with Crippen LogP contribution in [0.5, 0.6) is 0 Å². The zero-order valence-corrected chi connectivity index (χ0v) is 18.6. The number of aromatic nitrogens is 1. The van der Waals surface area contributed by atoms with Crippen LogP contribution in [0.1, 0.15) is 99.3 Å². The van der Waals surface area contributed by atoms with Crippen molar-refractivity contribution in [3.05, 3.63) is 58.3 Å². The Morgan fingerprint density at radius 1 is 0.677 bits per heavy atom. The molecule has 0 N–H and O–H groups in total. The predicted octanol–water partition coefficient (Wildman–Crippen LogP) is 7.92. The van der Waals surface area contributed by atoms with Gasteiger partial charge in [0.15, 0.2) is 0 Å². The Labute approximate surface area is 186 Å². The van der Waals surface area contributed by atoms with Gasteiger partial charge in [0.1, 0.15) is 0 Å². The normalized spacial score (nSPS) is 37.6. The summed E-state index contributed by atoms with van der Waals surface area (Å²) < 4.78 is 0. The molecule has 1 aromatic heterocycles. The monoisotopic (exact) mass is 407 g/mol. The molecule has 3 fully saturated rings. The Balaban J connectivity index is 1.33. The maximum absolute atomic E-state index is 5.41. The lowest BCUT2D eigenvalue weighted by Gasteiger charge is -2.40. The molecule has 31 heavy (non-hydrogen) atoms. The van der Waals surface area contributed by atoms with E-state index < -0.39 is 0 Å². The van der Waals surface area contributed by atoms with Crippen LogP contribution in [0.25, 0.3) is 16.5 Å². The van der Waals surface area contributed by atoms with Gasteiger partial charge in [-0.15, -0.1) is 0 Å². The number of benzene rings is 1. The van der Waals surface area contributed by atoms with Gasteiger partial charge in [-0.2, -0.15) is 0 Å². The molecular weight excluding hydrogens is 374 g/mol. The number of para-hydroxylation sites is 1. The van der Waals surface area contributed by atoms with Gasteiger partial charge in [-0.1, -0.05) is 29.8 Å². The van der Waals surface area contributed by atoms with E-state index in [2.05, 4.69) is 30.3 Å². The van der Waals surface area contributed by atoms with Crippen LogP contribution in [0.3, 0.4) is 0 Å². The zero-order valence-electron chi connectivity index (χ0n) is 18.6. The van der Waals surface area contributed by atoms with Crippen molar-refractivity contribution in [1.29, 1.82) is 0 Å². The van der Waals surface area contributed by atoms with Crippen molar-refractivity contribution in [3.63, 3.8) is 0 Å². The molecule has 0 spiro atoms. The Morgan fingerprint density at radius 2 is 1.39 bits per heavy atom. The highest BCUT2D eigenvalue weighted by Crippen LogP contribution is 2.58. The predicted molar refractivity (Wildman–Crippen MR) is 127 cm³/mol. The summed E-state index contributed by atoms with van der Waals surface area (Å²) in [5.41, 5.74) is 11.3. The molecule has 8 aliphatic carbocycles. The summed E-state index contributed by atoms with van der Waals surface area (Å²) in [6.07, 6.45) is 18.3. The largest absolute Gasteiger partial charge is 0.248 e. The van der Waals surface area contributed by atoms with Gasteiger partial charge in [-0.25, -0.2) is 4.98 Å². The summed E-state index contributed by atoms with van der Waals surface area (Å²) in [6, 6.07) is 9.02. The summed E-state index contributed by atoms with van der Waals surface area (Å²) in [5, 5.41) is 1.46. The molecule has 1 aromatic carbocycles.